The number of halogens is 2. The van der Waals surface area contributed by atoms with Crippen molar-refractivity contribution in [1.29, 1.82) is 0 Å². The van der Waals surface area contributed by atoms with Gasteiger partial charge in [0.1, 0.15) is 5.82 Å². The molecule has 2 rings (SSSR count). The second-order valence-electron chi connectivity index (χ2n) is 3.35. The summed E-state index contributed by atoms with van der Waals surface area (Å²) in [5.41, 5.74) is -0.0535. The summed E-state index contributed by atoms with van der Waals surface area (Å²) in [7, 11) is 0. The predicted octanol–water partition coefficient (Wildman–Crippen LogP) is 3.50. The average molecular weight is 271 g/mol. The maximum absolute atomic E-state index is 13.4. The van der Waals surface area contributed by atoms with Crippen LogP contribution in [0.1, 0.15) is 15.2 Å². The number of benzene rings is 1. The van der Waals surface area contributed by atoms with E-state index in [0.29, 0.717) is 5.13 Å². The van der Waals surface area contributed by atoms with Gasteiger partial charge in [0, 0.05) is 16.1 Å². The monoisotopic (exact) mass is 270 g/mol. The molecule has 0 unspecified atom stereocenters. The smallest absolute Gasteiger partial charge is 0.260 e. The number of nitrogens with one attached hydrogen (secondary N) is 1. The summed E-state index contributed by atoms with van der Waals surface area (Å²) in [6.45, 7) is 1.87. The number of anilines is 1. The fourth-order valence-corrected chi connectivity index (χ4v) is 2.07. The highest BCUT2D eigenvalue weighted by molar-refractivity contribution is 7.15. The summed E-state index contributed by atoms with van der Waals surface area (Å²) < 4.78 is 13.4. The van der Waals surface area contributed by atoms with E-state index >= 15 is 0 Å². The first-order valence-corrected chi connectivity index (χ1v) is 5.94. The van der Waals surface area contributed by atoms with E-state index in [1.54, 1.807) is 6.20 Å². The van der Waals surface area contributed by atoms with Gasteiger partial charge in [0.05, 0.1) is 5.56 Å². The van der Waals surface area contributed by atoms with Gasteiger partial charge in [0.25, 0.3) is 5.91 Å². The Hall–Kier alpha value is -1.46. The third kappa shape index (κ3) is 2.81. The molecule has 0 aliphatic rings. The van der Waals surface area contributed by atoms with E-state index in [-0.39, 0.29) is 10.6 Å². The van der Waals surface area contributed by atoms with Gasteiger partial charge >= 0.3 is 0 Å². The van der Waals surface area contributed by atoms with Gasteiger partial charge in [-0.2, -0.15) is 0 Å². The van der Waals surface area contributed by atoms with Crippen LogP contribution in [-0.2, 0) is 0 Å². The fraction of sp³-hybridized carbons (Fsp3) is 0.0909. The molecule has 1 N–H and O–H groups in total. The van der Waals surface area contributed by atoms with Gasteiger partial charge in [0.2, 0.25) is 0 Å². The summed E-state index contributed by atoms with van der Waals surface area (Å²) in [4.78, 5) is 16.7. The van der Waals surface area contributed by atoms with E-state index in [9.17, 15) is 9.18 Å². The number of carbonyl (C=O) groups is 1. The van der Waals surface area contributed by atoms with Crippen LogP contribution in [0, 0.1) is 12.7 Å². The minimum Gasteiger partial charge on any atom is -0.298 e. The van der Waals surface area contributed by atoms with Crippen LogP contribution in [0.25, 0.3) is 0 Å². The van der Waals surface area contributed by atoms with Crippen LogP contribution in [0.4, 0.5) is 9.52 Å². The minimum absolute atomic E-state index is 0.0535. The maximum Gasteiger partial charge on any atom is 0.260 e. The van der Waals surface area contributed by atoms with Crippen molar-refractivity contribution in [3.8, 4) is 0 Å². The lowest BCUT2D eigenvalue weighted by molar-refractivity contribution is 0.102. The van der Waals surface area contributed by atoms with E-state index in [1.807, 2.05) is 6.92 Å². The number of amides is 1. The van der Waals surface area contributed by atoms with Crippen LogP contribution >= 0.6 is 22.9 Å². The zero-order valence-electron chi connectivity index (χ0n) is 8.83. The first kappa shape index (κ1) is 12.0. The van der Waals surface area contributed by atoms with Crippen LogP contribution in [0.5, 0.6) is 0 Å². The van der Waals surface area contributed by atoms with Gasteiger partial charge in [-0.1, -0.05) is 11.6 Å². The highest BCUT2D eigenvalue weighted by Crippen LogP contribution is 2.19. The third-order valence-corrected chi connectivity index (χ3v) is 3.08. The van der Waals surface area contributed by atoms with Gasteiger partial charge in [-0.3, -0.25) is 10.1 Å². The van der Waals surface area contributed by atoms with Gasteiger partial charge < -0.3 is 0 Å². The molecule has 1 heterocycles. The molecule has 0 spiro atoms. The molecule has 17 heavy (non-hydrogen) atoms. The number of thiazole rings is 1. The topological polar surface area (TPSA) is 42.0 Å². The van der Waals surface area contributed by atoms with Gasteiger partial charge in [-0.05, 0) is 25.1 Å². The zero-order chi connectivity index (χ0) is 12.4. The highest BCUT2D eigenvalue weighted by atomic mass is 35.5. The van der Waals surface area contributed by atoms with E-state index < -0.39 is 11.7 Å². The Balaban J connectivity index is 2.20. The quantitative estimate of drug-likeness (QED) is 0.907. The Morgan fingerprint density at radius 1 is 1.53 bits per heavy atom. The summed E-state index contributed by atoms with van der Waals surface area (Å²) in [5.74, 6) is -1.18. The molecule has 2 aromatic rings. The molecule has 0 atom stereocenters. The van der Waals surface area contributed by atoms with Crippen molar-refractivity contribution >= 4 is 34.0 Å². The Labute approximate surface area is 106 Å². The van der Waals surface area contributed by atoms with E-state index in [1.165, 1.54) is 23.5 Å². The van der Waals surface area contributed by atoms with Crippen LogP contribution in [0.15, 0.2) is 24.4 Å². The van der Waals surface area contributed by atoms with Crippen LogP contribution in [-0.4, -0.2) is 10.9 Å². The lowest BCUT2D eigenvalue weighted by Gasteiger charge is -2.03. The largest absolute Gasteiger partial charge is 0.298 e. The van der Waals surface area contributed by atoms with Crippen LogP contribution < -0.4 is 5.32 Å². The van der Waals surface area contributed by atoms with Gasteiger partial charge in [-0.15, -0.1) is 11.3 Å². The van der Waals surface area contributed by atoms with Crippen molar-refractivity contribution < 1.29 is 9.18 Å². The number of carbonyl (C=O) groups excluding carboxylic acids is 1. The minimum atomic E-state index is -0.650. The predicted molar refractivity (Wildman–Crippen MR) is 66.2 cm³/mol. The molecule has 0 aliphatic heterocycles. The SMILES string of the molecule is Cc1cnc(NC(=O)c2ccc(Cl)cc2F)s1. The van der Waals surface area contributed by atoms with Crippen molar-refractivity contribution in [3.05, 3.63) is 45.7 Å². The molecule has 0 aliphatic carbocycles. The fourth-order valence-electron chi connectivity index (χ4n) is 1.25. The Kier molecular flexibility index (Phi) is 3.40. The molecule has 0 bridgehead atoms. The summed E-state index contributed by atoms with van der Waals surface area (Å²) in [5, 5.41) is 3.22. The van der Waals surface area contributed by atoms with Gasteiger partial charge in [-0.25, -0.2) is 9.37 Å². The first-order valence-electron chi connectivity index (χ1n) is 4.75. The lowest BCUT2D eigenvalue weighted by Crippen LogP contribution is -2.13. The lowest BCUT2D eigenvalue weighted by atomic mass is 10.2. The first-order chi connectivity index (χ1) is 8.06. The molecule has 0 saturated heterocycles. The van der Waals surface area contributed by atoms with Crippen molar-refractivity contribution in [3.63, 3.8) is 0 Å². The number of nitrogens with zero attached hydrogens (tertiary/aromatic N) is 1. The van der Waals surface area contributed by atoms with E-state index in [0.717, 1.165) is 10.9 Å². The number of aryl methyl sites for hydroxylation is 1. The molecular weight excluding hydrogens is 263 g/mol. The number of rotatable bonds is 2. The molecule has 1 aromatic heterocycles. The number of aromatic nitrogens is 1. The Bertz CT molecular complexity index is 570. The normalized spacial score (nSPS) is 10.3. The highest BCUT2D eigenvalue weighted by Gasteiger charge is 2.13. The third-order valence-electron chi connectivity index (χ3n) is 2.02. The molecule has 3 nitrogen and oxygen atoms in total. The molecule has 0 saturated carbocycles. The van der Waals surface area contributed by atoms with Crippen LogP contribution in [0.3, 0.4) is 0 Å². The van der Waals surface area contributed by atoms with Crippen LogP contribution in [0.2, 0.25) is 5.02 Å². The molecule has 0 radical (unpaired) electrons. The van der Waals surface area contributed by atoms with Crippen molar-refractivity contribution in [2.24, 2.45) is 0 Å². The zero-order valence-corrected chi connectivity index (χ0v) is 10.4. The number of hydrogen-bond donors (Lipinski definition) is 1. The molecular formula is C11H8ClFN2OS. The maximum atomic E-state index is 13.4. The average Bonchev–Trinajstić information content (AvgIpc) is 2.63. The van der Waals surface area contributed by atoms with E-state index in [4.69, 9.17) is 11.6 Å². The summed E-state index contributed by atoms with van der Waals surface area (Å²) in [6.07, 6.45) is 1.64. The summed E-state index contributed by atoms with van der Waals surface area (Å²) >= 11 is 6.93. The van der Waals surface area contributed by atoms with Crippen molar-refractivity contribution in [2.45, 2.75) is 6.92 Å². The van der Waals surface area contributed by atoms with E-state index in [2.05, 4.69) is 10.3 Å². The van der Waals surface area contributed by atoms with Gasteiger partial charge in [0.15, 0.2) is 5.13 Å². The molecule has 0 fully saturated rings. The molecule has 1 amide bonds. The number of hydrogen-bond acceptors (Lipinski definition) is 3. The standard InChI is InChI=1S/C11H8ClFN2OS/c1-6-5-14-11(17-6)15-10(16)8-3-2-7(12)4-9(8)13/h2-5H,1H3,(H,14,15,16). The Morgan fingerprint density at radius 2 is 2.29 bits per heavy atom. The van der Waals surface area contributed by atoms with Crippen molar-refractivity contribution in [2.75, 3.05) is 5.32 Å². The second-order valence-corrected chi connectivity index (χ2v) is 5.03. The van der Waals surface area contributed by atoms with Crippen molar-refractivity contribution in [1.82, 2.24) is 4.98 Å². The summed E-state index contributed by atoms with van der Waals surface area (Å²) in [6, 6.07) is 3.91. The Morgan fingerprint density at radius 3 is 2.88 bits per heavy atom. The molecule has 1 aromatic carbocycles. The second kappa shape index (κ2) is 4.81. The molecule has 88 valence electrons. The molecule has 6 heteroatoms.